The third kappa shape index (κ3) is 2.70. The molecule has 0 aliphatic rings. The molecule has 0 saturated heterocycles. The molecule has 1 atom stereocenters. The van der Waals surface area contributed by atoms with Crippen molar-refractivity contribution in [1.82, 2.24) is 5.16 Å². The van der Waals surface area contributed by atoms with Crippen LogP contribution in [-0.2, 0) is 16.6 Å². The van der Waals surface area contributed by atoms with E-state index < -0.39 is 10.8 Å². The van der Waals surface area contributed by atoms with Gasteiger partial charge in [0.25, 0.3) is 0 Å². The first kappa shape index (κ1) is 14.6. The number of rotatable bonds is 5. The zero-order valence-electron chi connectivity index (χ0n) is 11.9. The summed E-state index contributed by atoms with van der Waals surface area (Å²) in [6.45, 7) is 3.65. The first-order valence-corrected chi connectivity index (χ1v) is 7.41. The van der Waals surface area contributed by atoms with Crippen LogP contribution >= 0.6 is 0 Å². The van der Waals surface area contributed by atoms with Crippen LogP contribution in [0, 0.1) is 13.8 Å². The number of ether oxygens (including phenoxy) is 2. The van der Waals surface area contributed by atoms with Gasteiger partial charge in [-0.3, -0.25) is 4.21 Å². The molecule has 1 aromatic heterocycles. The molecule has 0 saturated carbocycles. The SMILES string of the molecule is COc1cccc(OC)c1[S@](=O)Cc1c(C)noc1C. The largest absolute Gasteiger partial charge is 0.495 e. The third-order valence-corrected chi connectivity index (χ3v) is 4.48. The van der Waals surface area contributed by atoms with E-state index in [-0.39, 0.29) is 0 Å². The molecular formula is C14H17NO4S. The van der Waals surface area contributed by atoms with E-state index in [0.717, 1.165) is 11.3 Å². The number of hydrogen-bond donors (Lipinski definition) is 0. The molecule has 0 aliphatic carbocycles. The number of methoxy groups -OCH3 is 2. The Labute approximate surface area is 120 Å². The van der Waals surface area contributed by atoms with Crippen LogP contribution in [0.5, 0.6) is 11.5 Å². The average molecular weight is 295 g/mol. The van der Waals surface area contributed by atoms with Crippen molar-refractivity contribution in [2.45, 2.75) is 24.5 Å². The van der Waals surface area contributed by atoms with Gasteiger partial charge in [-0.15, -0.1) is 0 Å². The summed E-state index contributed by atoms with van der Waals surface area (Å²) in [5.41, 5.74) is 1.61. The summed E-state index contributed by atoms with van der Waals surface area (Å²) >= 11 is 0. The van der Waals surface area contributed by atoms with Crippen molar-refractivity contribution in [2.75, 3.05) is 14.2 Å². The molecule has 0 radical (unpaired) electrons. The Balaban J connectivity index is 2.39. The second-order valence-electron chi connectivity index (χ2n) is 4.28. The number of aromatic nitrogens is 1. The second-order valence-corrected chi connectivity index (χ2v) is 5.67. The van der Waals surface area contributed by atoms with Gasteiger partial charge in [0.05, 0.1) is 36.5 Å². The maximum atomic E-state index is 12.7. The fourth-order valence-corrected chi connectivity index (χ4v) is 3.52. The minimum absolute atomic E-state index is 0.317. The van der Waals surface area contributed by atoms with E-state index >= 15 is 0 Å². The van der Waals surface area contributed by atoms with Gasteiger partial charge < -0.3 is 14.0 Å². The van der Waals surface area contributed by atoms with Gasteiger partial charge in [-0.05, 0) is 26.0 Å². The van der Waals surface area contributed by atoms with Gasteiger partial charge in [0.1, 0.15) is 22.2 Å². The lowest BCUT2D eigenvalue weighted by molar-refractivity contribution is 0.375. The molecule has 2 aromatic rings. The van der Waals surface area contributed by atoms with Gasteiger partial charge in [-0.1, -0.05) is 11.2 Å². The van der Waals surface area contributed by atoms with Crippen LogP contribution in [0.3, 0.4) is 0 Å². The first-order valence-electron chi connectivity index (χ1n) is 6.09. The topological polar surface area (TPSA) is 61.6 Å². The van der Waals surface area contributed by atoms with Gasteiger partial charge in [-0.25, -0.2) is 0 Å². The van der Waals surface area contributed by atoms with E-state index in [1.54, 1.807) is 32.4 Å². The Hall–Kier alpha value is -1.82. The van der Waals surface area contributed by atoms with Crippen LogP contribution in [0.2, 0.25) is 0 Å². The van der Waals surface area contributed by atoms with E-state index in [0.29, 0.717) is 27.9 Å². The third-order valence-electron chi connectivity index (χ3n) is 3.07. The highest BCUT2D eigenvalue weighted by molar-refractivity contribution is 7.84. The molecule has 2 rings (SSSR count). The van der Waals surface area contributed by atoms with Crippen LogP contribution in [0.4, 0.5) is 0 Å². The maximum absolute atomic E-state index is 12.7. The van der Waals surface area contributed by atoms with Crippen molar-refractivity contribution in [3.63, 3.8) is 0 Å². The van der Waals surface area contributed by atoms with E-state index in [1.807, 2.05) is 13.8 Å². The second kappa shape index (κ2) is 6.09. The molecule has 5 nitrogen and oxygen atoms in total. The van der Waals surface area contributed by atoms with E-state index in [4.69, 9.17) is 14.0 Å². The van der Waals surface area contributed by atoms with Crippen LogP contribution in [0.1, 0.15) is 17.0 Å². The molecule has 1 heterocycles. The fraction of sp³-hybridized carbons (Fsp3) is 0.357. The summed E-state index contributed by atoms with van der Waals surface area (Å²) in [5, 5.41) is 3.88. The molecule has 0 N–H and O–H groups in total. The van der Waals surface area contributed by atoms with Crippen LogP contribution in [-0.4, -0.2) is 23.6 Å². The van der Waals surface area contributed by atoms with Gasteiger partial charge in [0, 0.05) is 5.56 Å². The highest BCUT2D eigenvalue weighted by Gasteiger charge is 2.20. The normalized spacial score (nSPS) is 12.2. The summed E-state index contributed by atoms with van der Waals surface area (Å²) < 4.78 is 28.3. The fourth-order valence-electron chi connectivity index (χ4n) is 1.95. The van der Waals surface area contributed by atoms with Crippen molar-refractivity contribution in [3.05, 3.63) is 35.2 Å². The zero-order chi connectivity index (χ0) is 14.7. The van der Waals surface area contributed by atoms with Gasteiger partial charge in [-0.2, -0.15) is 0 Å². The van der Waals surface area contributed by atoms with E-state index in [1.165, 1.54) is 0 Å². The smallest absolute Gasteiger partial charge is 0.138 e. The van der Waals surface area contributed by atoms with Crippen molar-refractivity contribution in [1.29, 1.82) is 0 Å². The molecule has 1 aromatic carbocycles. The van der Waals surface area contributed by atoms with Gasteiger partial charge in [0.2, 0.25) is 0 Å². The molecule has 6 heteroatoms. The standard InChI is InChI=1S/C14H17NO4S/c1-9-11(10(2)19-15-9)8-20(16)14-12(17-3)6-5-7-13(14)18-4/h5-7H,8H2,1-4H3/t20-/m1/s1. The minimum atomic E-state index is -1.31. The van der Waals surface area contributed by atoms with E-state index in [2.05, 4.69) is 5.16 Å². The predicted molar refractivity (Wildman–Crippen MR) is 75.6 cm³/mol. The van der Waals surface area contributed by atoms with Crippen molar-refractivity contribution in [2.24, 2.45) is 0 Å². The Morgan fingerprint density at radius 2 is 1.80 bits per heavy atom. The Morgan fingerprint density at radius 3 is 2.25 bits per heavy atom. The summed E-state index contributed by atoms with van der Waals surface area (Å²) in [6.07, 6.45) is 0. The predicted octanol–water partition coefficient (Wildman–Crippen LogP) is 2.62. The van der Waals surface area contributed by atoms with Crippen LogP contribution in [0.25, 0.3) is 0 Å². The highest BCUT2D eigenvalue weighted by Crippen LogP contribution is 2.33. The lowest BCUT2D eigenvalue weighted by Gasteiger charge is -2.12. The van der Waals surface area contributed by atoms with Crippen molar-refractivity contribution >= 4 is 10.8 Å². The van der Waals surface area contributed by atoms with Crippen molar-refractivity contribution < 1.29 is 18.2 Å². The Kier molecular flexibility index (Phi) is 4.44. The molecule has 0 amide bonds. The van der Waals surface area contributed by atoms with Crippen molar-refractivity contribution in [3.8, 4) is 11.5 Å². The Bertz CT molecular complexity index is 594. The summed E-state index contributed by atoms with van der Waals surface area (Å²) in [7, 11) is 1.79. The molecule has 20 heavy (non-hydrogen) atoms. The van der Waals surface area contributed by atoms with Gasteiger partial charge in [0.15, 0.2) is 0 Å². The number of hydrogen-bond acceptors (Lipinski definition) is 5. The summed E-state index contributed by atoms with van der Waals surface area (Å²) in [5.74, 6) is 2.10. The monoisotopic (exact) mass is 295 g/mol. The van der Waals surface area contributed by atoms with Gasteiger partial charge >= 0.3 is 0 Å². The summed E-state index contributed by atoms with van der Waals surface area (Å²) in [4.78, 5) is 0.553. The minimum Gasteiger partial charge on any atom is -0.495 e. The molecule has 0 bridgehead atoms. The summed E-state index contributed by atoms with van der Waals surface area (Å²) in [6, 6.07) is 5.33. The lowest BCUT2D eigenvalue weighted by atomic mass is 10.2. The lowest BCUT2D eigenvalue weighted by Crippen LogP contribution is -2.03. The Morgan fingerprint density at radius 1 is 1.20 bits per heavy atom. The van der Waals surface area contributed by atoms with E-state index in [9.17, 15) is 4.21 Å². The quantitative estimate of drug-likeness (QED) is 0.848. The molecular weight excluding hydrogens is 278 g/mol. The zero-order valence-corrected chi connectivity index (χ0v) is 12.7. The number of aryl methyl sites for hydroxylation is 2. The number of nitrogens with zero attached hydrogens (tertiary/aromatic N) is 1. The first-order chi connectivity index (χ1) is 9.58. The molecule has 0 unspecified atom stereocenters. The average Bonchev–Trinajstić information content (AvgIpc) is 2.77. The molecule has 0 fully saturated rings. The molecule has 0 spiro atoms. The molecule has 0 aliphatic heterocycles. The molecule has 108 valence electrons. The van der Waals surface area contributed by atoms with Crippen LogP contribution < -0.4 is 9.47 Å². The number of benzene rings is 1. The maximum Gasteiger partial charge on any atom is 0.138 e. The highest BCUT2D eigenvalue weighted by atomic mass is 32.2. The van der Waals surface area contributed by atoms with Crippen LogP contribution in [0.15, 0.2) is 27.6 Å².